The van der Waals surface area contributed by atoms with Crippen molar-refractivity contribution in [1.29, 1.82) is 0 Å². The van der Waals surface area contributed by atoms with Gasteiger partial charge in [0.15, 0.2) is 0 Å². The Morgan fingerprint density at radius 2 is 1.41 bits per heavy atom. The molecule has 0 unspecified atom stereocenters. The second-order valence-corrected chi connectivity index (χ2v) is 9.81. The lowest BCUT2D eigenvalue weighted by atomic mass is 10.0. The van der Waals surface area contributed by atoms with Gasteiger partial charge in [-0.15, -0.1) is 0 Å². The van der Waals surface area contributed by atoms with Gasteiger partial charge in [0.2, 0.25) is 0 Å². The second kappa shape index (κ2) is 11.2. The average molecular weight is 467 g/mol. The van der Waals surface area contributed by atoms with Crippen molar-refractivity contribution < 1.29 is 24.0 Å². The molecule has 7 nitrogen and oxygen atoms in total. The third-order valence-electron chi connectivity index (χ3n) is 5.55. The van der Waals surface area contributed by atoms with E-state index in [1.54, 1.807) is 20.8 Å². The highest BCUT2D eigenvalue weighted by atomic mass is 16.7. The van der Waals surface area contributed by atoms with E-state index in [1.807, 2.05) is 30.3 Å². The first-order valence-electron chi connectivity index (χ1n) is 11.8. The lowest BCUT2D eigenvalue weighted by Crippen LogP contribution is -2.48. The minimum Gasteiger partial charge on any atom is -0.444 e. The molecule has 0 heterocycles. The van der Waals surface area contributed by atoms with Crippen molar-refractivity contribution in [3.8, 4) is 0 Å². The summed E-state index contributed by atoms with van der Waals surface area (Å²) in [6.45, 7) is 5.22. The number of ether oxygens (including phenoxy) is 1. The summed E-state index contributed by atoms with van der Waals surface area (Å²) in [6.07, 6.45) is 4.58. The van der Waals surface area contributed by atoms with Gasteiger partial charge in [-0.25, -0.2) is 9.59 Å². The van der Waals surface area contributed by atoms with Crippen LogP contribution in [0.15, 0.2) is 54.6 Å². The van der Waals surface area contributed by atoms with E-state index in [4.69, 9.17) is 9.57 Å². The number of carbonyl (C=O) groups is 3. The van der Waals surface area contributed by atoms with Crippen molar-refractivity contribution in [2.75, 3.05) is 0 Å². The molecule has 34 heavy (non-hydrogen) atoms. The van der Waals surface area contributed by atoms with E-state index in [2.05, 4.69) is 35.1 Å². The fourth-order valence-corrected chi connectivity index (χ4v) is 3.55. The number of unbranched alkanes of at least 4 members (excludes halogenated alkanes) is 1. The molecule has 2 N–H and O–H groups in total. The van der Waals surface area contributed by atoms with E-state index in [9.17, 15) is 14.4 Å². The molecule has 1 fully saturated rings. The molecule has 0 atom stereocenters. The van der Waals surface area contributed by atoms with Crippen molar-refractivity contribution in [2.24, 2.45) is 0 Å². The Labute approximate surface area is 201 Å². The Balaban J connectivity index is 1.36. The van der Waals surface area contributed by atoms with Crippen LogP contribution in [0.2, 0.25) is 0 Å². The minimum absolute atomic E-state index is 0.0913. The smallest absolute Gasteiger partial charge is 0.408 e. The fraction of sp³-hybridized carbons (Fsp3) is 0.444. The lowest BCUT2D eigenvalue weighted by Gasteiger charge is -2.22. The number of rotatable bonds is 9. The topological polar surface area (TPSA) is 93.7 Å². The maximum atomic E-state index is 12.3. The molecule has 1 saturated carbocycles. The molecule has 0 saturated heterocycles. The van der Waals surface area contributed by atoms with Gasteiger partial charge >= 0.3 is 12.1 Å². The molecular weight excluding hydrogens is 432 g/mol. The number of benzene rings is 2. The normalized spacial score (nSPS) is 14.1. The zero-order valence-electron chi connectivity index (χ0n) is 20.2. The maximum absolute atomic E-state index is 12.3. The molecule has 2 amide bonds. The first kappa shape index (κ1) is 25.3. The van der Waals surface area contributed by atoms with Gasteiger partial charge < -0.3 is 14.9 Å². The van der Waals surface area contributed by atoms with Gasteiger partial charge in [-0.1, -0.05) is 54.6 Å². The number of hydrogen-bond acceptors (Lipinski definition) is 5. The Morgan fingerprint density at radius 3 is 1.97 bits per heavy atom. The Hall–Kier alpha value is -3.35. The summed E-state index contributed by atoms with van der Waals surface area (Å²) in [5, 5.41) is 2.55. The van der Waals surface area contributed by atoms with Gasteiger partial charge in [0.25, 0.3) is 5.91 Å². The van der Waals surface area contributed by atoms with Crippen LogP contribution in [0, 0.1) is 0 Å². The van der Waals surface area contributed by atoms with Crippen LogP contribution in [0.4, 0.5) is 4.79 Å². The molecule has 3 rings (SSSR count). The lowest BCUT2D eigenvalue weighted by molar-refractivity contribution is -0.161. The van der Waals surface area contributed by atoms with E-state index >= 15 is 0 Å². The third kappa shape index (κ3) is 8.21. The SMILES string of the molecule is CC(C)(C)OC(=O)NC1(C(=O)ONC(=O)Cc2ccc(CCCCc3ccccc3)cc2)CC1. The number of aryl methyl sites for hydroxylation is 2. The number of amides is 2. The predicted octanol–water partition coefficient (Wildman–Crippen LogP) is 4.43. The summed E-state index contributed by atoms with van der Waals surface area (Å²) in [4.78, 5) is 41.4. The first-order valence-corrected chi connectivity index (χ1v) is 11.8. The molecule has 2 aromatic rings. The molecule has 182 valence electrons. The Kier molecular flexibility index (Phi) is 8.31. The summed E-state index contributed by atoms with van der Waals surface area (Å²) in [7, 11) is 0. The van der Waals surface area contributed by atoms with E-state index in [-0.39, 0.29) is 6.42 Å². The number of hydroxylamine groups is 1. The molecule has 0 radical (unpaired) electrons. The van der Waals surface area contributed by atoms with Crippen LogP contribution in [0.25, 0.3) is 0 Å². The molecule has 0 aliphatic heterocycles. The monoisotopic (exact) mass is 466 g/mol. The van der Waals surface area contributed by atoms with Gasteiger partial charge in [-0.3, -0.25) is 4.79 Å². The summed E-state index contributed by atoms with van der Waals surface area (Å²) in [5.41, 5.74) is 3.81. The largest absolute Gasteiger partial charge is 0.444 e. The van der Waals surface area contributed by atoms with Gasteiger partial charge in [0.05, 0.1) is 6.42 Å². The number of alkyl carbamates (subject to hydrolysis) is 1. The summed E-state index contributed by atoms with van der Waals surface area (Å²) in [5.74, 6) is -1.13. The van der Waals surface area contributed by atoms with Gasteiger partial charge in [-0.2, -0.15) is 5.48 Å². The third-order valence-corrected chi connectivity index (χ3v) is 5.55. The van der Waals surface area contributed by atoms with Crippen molar-refractivity contribution >= 4 is 18.0 Å². The molecule has 1 aliphatic carbocycles. The number of hydrogen-bond donors (Lipinski definition) is 2. The Bertz CT molecular complexity index is 976. The van der Waals surface area contributed by atoms with E-state index in [0.717, 1.165) is 31.2 Å². The molecular formula is C27H34N2O5. The van der Waals surface area contributed by atoms with E-state index in [1.165, 1.54) is 11.1 Å². The van der Waals surface area contributed by atoms with E-state index < -0.39 is 29.1 Å². The molecule has 7 heteroatoms. The van der Waals surface area contributed by atoms with Crippen LogP contribution >= 0.6 is 0 Å². The highest BCUT2D eigenvalue weighted by molar-refractivity contribution is 5.90. The number of carbonyl (C=O) groups excluding carboxylic acids is 3. The van der Waals surface area contributed by atoms with Crippen LogP contribution in [0.5, 0.6) is 0 Å². The fourth-order valence-electron chi connectivity index (χ4n) is 3.55. The average Bonchev–Trinajstić information content (AvgIpc) is 3.56. The number of nitrogens with one attached hydrogen (secondary N) is 2. The Morgan fingerprint density at radius 1 is 0.853 bits per heavy atom. The molecule has 0 bridgehead atoms. The summed E-state index contributed by atoms with van der Waals surface area (Å²) < 4.78 is 5.18. The van der Waals surface area contributed by atoms with Crippen molar-refractivity contribution in [3.63, 3.8) is 0 Å². The molecule has 2 aromatic carbocycles. The van der Waals surface area contributed by atoms with Crippen molar-refractivity contribution in [3.05, 3.63) is 71.3 Å². The zero-order chi connectivity index (χ0) is 24.6. The second-order valence-electron chi connectivity index (χ2n) is 9.81. The van der Waals surface area contributed by atoms with Crippen LogP contribution < -0.4 is 10.8 Å². The summed E-state index contributed by atoms with van der Waals surface area (Å²) in [6, 6.07) is 18.4. The van der Waals surface area contributed by atoms with E-state index in [0.29, 0.717) is 12.8 Å². The molecule has 0 spiro atoms. The minimum atomic E-state index is -1.13. The van der Waals surface area contributed by atoms with Gasteiger partial charge in [-0.05, 0) is 76.0 Å². The zero-order valence-corrected chi connectivity index (χ0v) is 20.2. The van der Waals surface area contributed by atoms with Crippen LogP contribution in [0.3, 0.4) is 0 Å². The summed E-state index contributed by atoms with van der Waals surface area (Å²) >= 11 is 0. The molecule has 0 aromatic heterocycles. The van der Waals surface area contributed by atoms with Crippen LogP contribution in [0.1, 0.15) is 63.1 Å². The standard InChI is InChI=1S/C27H34N2O5/c1-26(2,3)33-25(32)28-27(17-18-27)24(31)34-29-23(30)19-22-15-13-21(14-16-22)12-8-7-11-20-9-5-4-6-10-20/h4-6,9-10,13-16H,7-8,11-12,17-19H2,1-3H3,(H,28,32)(H,29,30). The molecule has 1 aliphatic rings. The van der Waals surface area contributed by atoms with Crippen molar-refractivity contribution in [1.82, 2.24) is 10.8 Å². The van der Waals surface area contributed by atoms with Gasteiger partial charge in [0.1, 0.15) is 11.1 Å². The quantitative estimate of drug-likeness (QED) is 0.421. The highest BCUT2D eigenvalue weighted by Crippen LogP contribution is 2.36. The first-order chi connectivity index (χ1) is 16.2. The van der Waals surface area contributed by atoms with Crippen LogP contribution in [-0.2, 0) is 38.4 Å². The van der Waals surface area contributed by atoms with Gasteiger partial charge in [0, 0.05) is 0 Å². The van der Waals surface area contributed by atoms with Crippen LogP contribution in [-0.4, -0.2) is 29.1 Å². The van der Waals surface area contributed by atoms with Crippen molar-refractivity contribution in [2.45, 2.75) is 76.9 Å². The highest BCUT2D eigenvalue weighted by Gasteiger charge is 2.54. The predicted molar refractivity (Wildman–Crippen MR) is 129 cm³/mol. The maximum Gasteiger partial charge on any atom is 0.408 e.